The van der Waals surface area contributed by atoms with E-state index in [0.29, 0.717) is 0 Å². The van der Waals surface area contributed by atoms with Gasteiger partial charge in [-0.05, 0) is 74.5 Å². The van der Waals surface area contributed by atoms with E-state index in [-0.39, 0.29) is 0 Å². The molecule has 1 aromatic heterocycles. The number of hydrogen-bond donors (Lipinski definition) is 0. The standard InChI is InChI=1S/C50H33NO/c1-3-13-34(14-4-1)35-25-27-36(28-26-35)37-29-31-40(32-30-37)51(47-23-11-18-38-17-7-8-19-41(38)47)48-24-12-22-44-46-33-45(39-15-5-2-6-16-39)42-20-9-10-21-43(42)49(46)52-50(44)48/h1-33H. The molecular weight excluding hydrogens is 631 g/mol. The quantitative estimate of drug-likeness (QED) is 0.176. The summed E-state index contributed by atoms with van der Waals surface area (Å²) in [7, 11) is 0. The third kappa shape index (κ3) is 5.04. The Balaban J connectivity index is 1.16. The van der Waals surface area contributed by atoms with Crippen LogP contribution in [0.15, 0.2) is 205 Å². The van der Waals surface area contributed by atoms with Gasteiger partial charge in [0, 0.05) is 27.2 Å². The Labute approximate surface area is 302 Å². The van der Waals surface area contributed by atoms with Crippen molar-refractivity contribution in [3.8, 4) is 33.4 Å². The van der Waals surface area contributed by atoms with E-state index >= 15 is 0 Å². The molecular formula is C50H33NO. The van der Waals surface area contributed by atoms with Gasteiger partial charge in [0.15, 0.2) is 5.58 Å². The van der Waals surface area contributed by atoms with Crippen molar-refractivity contribution in [3.05, 3.63) is 200 Å². The maximum Gasteiger partial charge on any atom is 0.159 e. The fraction of sp³-hybridized carbons (Fsp3) is 0. The van der Waals surface area contributed by atoms with Gasteiger partial charge in [-0.3, -0.25) is 0 Å². The highest BCUT2D eigenvalue weighted by Crippen LogP contribution is 2.46. The SMILES string of the molecule is c1ccc(-c2ccc(-c3ccc(N(c4cccc5ccccc45)c4cccc5c4oc4c6ccccc6c(-c6ccccc6)cc54)cc3)cc2)cc1. The lowest BCUT2D eigenvalue weighted by molar-refractivity contribution is 0.673. The lowest BCUT2D eigenvalue weighted by atomic mass is 9.95. The molecule has 0 aliphatic carbocycles. The third-order valence-corrected chi connectivity index (χ3v) is 10.3. The zero-order valence-electron chi connectivity index (χ0n) is 28.4. The van der Waals surface area contributed by atoms with Gasteiger partial charge in [-0.2, -0.15) is 0 Å². The highest BCUT2D eigenvalue weighted by atomic mass is 16.3. The van der Waals surface area contributed by atoms with Crippen molar-refractivity contribution in [1.29, 1.82) is 0 Å². The Kier molecular flexibility index (Phi) is 7.18. The molecule has 52 heavy (non-hydrogen) atoms. The summed E-state index contributed by atoms with van der Waals surface area (Å²) in [5, 5.41) is 6.86. The van der Waals surface area contributed by atoms with Crippen molar-refractivity contribution in [2.24, 2.45) is 0 Å². The van der Waals surface area contributed by atoms with Crippen molar-refractivity contribution < 1.29 is 4.42 Å². The van der Waals surface area contributed by atoms with Crippen LogP contribution < -0.4 is 4.90 Å². The number of fused-ring (bicyclic) bond motifs is 6. The molecule has 0 saturated heterocycles. The van der Waals surface area contributed by atoms with Gasteiger partial charge in [-0.1, -0.05) is 170 Å². The zero-order chi connectivity index (χ0) is 34.4. The maximum atomic E-state index is 7.02. The minimum absolute atomic E-state index is 0.862. The first kappa shape index (κ1) is 30.0. The second-order valence-electron chi connectivity index (χ2n) is 13.3. The van der Waals surface area contributed by atoms with Gasteiger partial charge < -0.3 is 9.32 Å². The van der Waals surface area contributed by atoms with E-state index in [0.717, 1.165) is 44.4 Å². The Morgan fingerprint density at radius 2 is 0.788 bits per heavy atom. The van der Waals surface area contributed by atoms with Gasteiger partial charge in [0.05, 0.1) is 11.4 Å². The molecule has 0 fully saturated rings. The first-order valence-electron chi connectivity index (χ1n) is 17.8. The molecule has 9 aromatic carbocycles. The molecule has 0 amide bonds. The van der Waals surface area contributed by atoms with Gasteiger partial charge in [-0.25, -0.2) is 0 Å². The molecule has 2 heteroatoms. The fourth-order valence-corrected chi connectivity index (χ4v) is 7.74. The zero-order valence-corrected chi connectivity index (χ0v) is 28.4. The molecule has 1 heterocycles. The molecule has 244 valence electrons. The van der Waals surface area contributed by atoms with Gasteiger partial charge in [0.1, 0.15) is 5.58 Å². The van der Waals surface area contributed by atoms with Crippen molar-refractivity contribution in [2.45, 2.75) is 0 Å². The van der Waals surface area contributed by atoms with E-state index in [2.05, 4.69) is 205 Å². The van der Waals surface area contributed by atoms with Crippen LogP contribution in [0.3, 0.4) is 0 Å². The van der Waals surface area contributed by atoms with E-state index in [1.165, 1.54) is 49.5 Å². The molecule has 0 saturated carbocycles. The minimum atomic E-state index is 0.862. The number of furan rings is 1. The van der Waals surface area contributed by atoms with E-state index in [4.69, 9.17) is 4.42 Å². The molecule has 0 radical (unpaired) electrons. The highest BCUT2D eigenvalue weighted by Gasteiger charge is 2.22. The van der Waals surface area contributed by atoms with Gasteiger partial charge in [0.2, 0.25) is 0 Å². The first-order chi connectivity index (χ1) is 25.8. The van der Waals surface area contributed by atoms with E-state index < -0.39 is 0 Å². The Morgan fingerprint density at radius 3 is 1.50 bits per heavy atom. The number of hydrogen-bond acceptors (Lipinski definition) is 2. The van der Waals surface area contributed by atoms with Crippen LogP contribution in [0.25, 0.3) is 76.9 Å². The third-order valence-electron chi connectivity index (χ3n) is 10.3. The van der Waals surface area contributed by atoms with Crippen LogP contribution in [-0.4, -0.2) is 0 Å². The maximum absolute atomic E-state index is 7.02. The summed E-state index contributed by atoms with van der Waals surface area (Å²) in [5.74, 6) is 0. The van der Waals surface area contributed by atoms with Crippen LogP contribution in [0.5, 0.6) is 0 Å². The largest absolute Gasteiger partial charge is 0.453 e. The number of benzene rings is 9. The average molecular weight is 664 g/mol. The summed E-state index contributed by atoms with van der Waals surface area (Å²) in [6, 6.07) is 71.5. The van der Waals surface area contributed by atoms with Crippen LogP contribution >= 0.6 is 0 Å². The molecule has 2 nitrogen and oxygen atoms in total. The van der Waals surface area contributed by atoms with E-state index in [1.54, 1.807) is 0 Å². The summed E-state index contributed by atoms with van der Waals surface area (Å²) >= 11 is 0. The molecule has 10 aromatic rings. The molecule has 10 rings (SSSR count). The molecule has 0 N–H and O–H groups in total. The number of rotatable bonds is 6. The number of anilines is 3. The summed E-state index contributed by atoms with van der Waals surface area (Å²) in [6.07, 6.45) is 0. The topological polar surface area (TPSA) is 16.4 Å². The van der Waals surface area contributed by atoms with Crippen molar-refractivity contribution in [2.75, 3.05) is 4.90 Å². The van der Waals surface area contributed by atoms with Gasteiger partial charge in [-0.15, -0.1) is 0 Å². The van der Waals surface area contributed by atoms with Crippen LogP contribution in [0.4, 0.5) is 17.1 Å². The Hall–Kier alpha value is -6.90. The number of para-hydroxylation sites is 1. The van der Waals surface area contributed by atoms with Gasteiger partial charge >= 0.3 is 0 Å². The monoisotopic (exact) mass is 663 g/mol. The van der Waals surface area contributed by atoms with Crippen LogP contribution in [0.2, 0.25) is 0 Å². The molecule has 0 aliphatic heterocycles. The van der Waals surface area contributed by atoms with Crippen LogP contribution in [-0.2, 0) is 0 Å². The van der Waals surface area contributed by atoms with Crippen molar-refractivity contribution in [3.63, 3.8) is 0 Å². The molecule has 0 unspecified atom stereocenters. The summed E-state index contributed by atoms with van der Waals surface area (Å²) in [5.41, 5.74) is 12.1. The number of nitrogens with zero attached hydrogens (tertiary/aromatic N) is 1. The summed E-state index contributed by atoms with van der Waals surface area (Å²) in [6.45, 7) is 0. The Bertz CT molecular complexity index is 2870. The van der Waals surface area contributed by atoms with E-state index in [1.807, 2.05) is 0 Å². The van der Waals surface area contributed by atoms with Crippen LogP contribution in [0, 0.1) is 0 Å². The second-order valence-corrected chi connectivity index (χ2v) is 13.3. The summed E-state index contributed by atoms with van der Waals surface area (Å²) < 4.78 is 7.02. The minimum Gasteiger partial charge on any atom is -0.453 e. The Morgan fingerprint density at radius 1 is 0.308 bits per heavy atom. The van der Waals surface area contributed by atoms with Crippen LogP contribution in [0.1, 0.15) is 0 Å². The second kappa shape index (κ2) is 12.5. The predicted octanol–water partition coefficient (Wildman–Crippen LogP) is 14.4. The fourth-order valence-electron chi connectivity index (χ4n) is 7.74. The first-order valence-corrected chi connectivity index (χ1v) is 17.8. The van der Waals surface area contributed by atoms with E-state index in [9.17, 15) is 0 Å². The van der Waals surface area contributed by atoms with Gasteiger partial charge in [0.25, 0.3) is 0 Å². The van der Waals surface area contributed by atoms with Crippen molar-refractivity contribution in [1.82, 2.24) is 0 Å². The lowest BCUT2D eigenvalue weighted by Gasteiger charge is -2.27. The smallest absolute Gasteiger partial charge is 0.159 e. The normalized spacial score (nSPS) is 11.5. The molecule has 0 atom stereocenters. The lowest BCUT2D eigenvalue weighted by Crippen LogP contribution is -2.10. The predicted molar refractivity (Wildman–Crippen MR) is 220 cm³/mol. The van der Waals surface area contributed by atoms with Crippen molar-refractivity contribution >= 4 is 60.5 Å². The molecule has 0 aliphatic rings. The highest BCUT2D eigenvalue weighted by molar-refractivity contribution is 6.21. The average Bonchev–Trinajstić information content (AvgIpc) is 3.61. The molecule has 0 spiro atoms. The summed E-state index contributed by atoms with van der Waals surface area (Å²) in [4.78, 5) is 2.36. The molecule has 0 bridgehead atoms.